The van der Waals surface area contributed by atoms with Crippen LogP contribution in [-0.4, -0.2) is 39.2 Å². The minimum absolute atomic E-state index is 0.339. The first kappa shape index (κ1) is 23.6. The van der Waals surface area contributed by atoms with Gasteiger partial charge in [0.25, 0.3) is 5.91 Å². The lowest BCUT2D eigenvalue weighted by atomic mass is 10.0. The third-order valence-electron chi connectivity index (χ3n) is 4.97. The third kappa shape index (κ3) is 6.97. The van der Waals surface area contributed by atoms with Crippen molar-refractivity contribution < 1.29 is 23.8 Å². The fraction of sp³-hybridized carbons (Fsp3) is 0.185. The van der Waals surface area contributed by atoms with Crippen LogP contribution in [0.3, 0.4) is 0 Å². The van der Waals surface area contributed by atoms with Crippen LogP contribution < -0.4 is 14.8 Å². The van der Waals surface area contributed by atoms with Crippen molar-refractivity contribution in [1.29, 1.82) is 0 Å². The highest BCUT2D eigenvalue weighted by Gasteiger charge is 2.16. The number of carbonyl (C=O) groups excluding carboxylic acids is 2. The van der Waals surface area contributed by atoms with Gasteiger partial charge < -0.3 is 19.5 Å². The molecule has 0 aliphatic heterocycles. The number of nitrogens with one attached hydrogen (secondary N) is 1. The fourth-order valence-corrected chi connectivity index (χ4v) is 3.22. The van der Waals surface area contributed by atoms with E-state index >= 15 is 0 Å². The summed E-state index contributed by atoms with van der Waals surface area (Å²) in [4.78, 5) is 25.1. The lowest BCUT2D eigenvalue weighted by molar-refractivity contribution is -0.142. The minimum atomic E-state index is -0.586. The maximum Gasteiger partial charge on any atom is 0.339 e. The molecule has 0 heterocycles. The number of methoxy groups -OCH3 is 2. The maximum atomic E-state index is 12.9. The Morgan fingerprint density at radius 3 is 2.24 bits per heavy atom. The van der Waals surface area contributed by atoms with Crippen LogP contribution in [0.25, 0.3) is 11.6 Å². The molecule has 33 heavy (non-hydrogen) atoms. The first-order valence-corrected chi connectivity index (χ1v) is 10.6. The summed E-state index contributed by atoms with van der Waals surface area (Å²) >= 11 is 0. The van der Waals surface area contributed by atoms with Gasteiger partial charge in [0.05, 0.1) is 19.8 Å². The molecule has 6 nitrogen and oxygen atoms in total. The monoisotopic (exact) mass is 445 g/mol. The molecular weight excluding hydrogens is 418 g/mol. The number of carbonyl (C=O) groups is 2. The molecule has 0 atom stereocenters. The van der Waals surface area contributed by atoms with E-state index in [0.717, 1.165) is 16.9 Å². The van der Waals surface area contributed by atoms with Gasteiger partial charge in [0.15, 0.2) is 6.61 Å². The molecule has 0 aromatic heterocycles. The zero-order chi connectivity index (χ0) is 23.5. The van der Waals surface area contributed by atoms with Gasteiger partial charge in [-0.25, -0.2) is 4.79 Å². The largest absolute Gasteiger partial charge is 0.497 e. The van der Waals surface area contributed by atoms with Crippen molar-refractivity contribution in [3.63, 3.8) is 0 Å². The molecule has 6 heteroatoms. The molecular formula is C27H27NO5. The standard InChI is InChI=1S/C27H27NO5/c1-31-23-14-12-20(13-15-23)16-17-28-26(29)19-33-27(30)24(21-8-4-3-5-9-21)18-22-10-6-7-11-25(22)32-2/h3-15,18H,16-17,19H2,1-2H3,(H,28,29)/b24-18+. The molecule has 170 valence electrons. The summed E-state index contributed by atoms with van der Waals surface area (Å²) in [7, 11) is 3.19. The summed E-state index contributed by atoms with van der Waals surface area (Å²) in [5.41, 5.74) is 2.83. The van der Waals surface area contributed by atoms with Gasteiger partial charge in [0, 0.05) is 12.1 Å². The SMILES string of the molecule is COc1ccc(CCNC(=O)COC(=O)/C(=C/c2ccccc2OC)c2ccccc2)cc1. The molecule has 3 rings (SSSR count). The van der Waals surface area contributed by atoms with E-state index in [0.29, 0.717) is 29.9 Å². The molecule has 0 saturated heterocycles. The van der Waals surface area contributed by atoms with Gasteiger partial charge in [0.1, 0.15) is 11.5 Å². The average Bonchev–Trinajstić information content (AvgIpc) is 2.87. The summed E-state index contributed by atoms with van der Waals surface area (Å²) in [5, 5.41) is 2.77. The molecule has 3 aromatic carbocycles. The smallest absolute Gasteiger partial charge is 0.339 e. The van der Waals surface area contributed by atoms with Crippen molar-refractivity contribution >= 4 is 23.5 Å². The number of hydrogen-bond donors (Lipinski definition) is 1. The molecule has 0 aliphatic carbocycles. The highest BCUT2D eigenvalue weighted by atomic mass is 16.5. The van der Waals surface area contributed by atoms with E-state index in [2.05, 4.69) is 5.32 Å². The topological polar surface area (TPSA) is 73.9 Å². The van der Waals surface area contributed by atoms with Crippen LogP contribution in [0.4, 0.5) is 0 Å². The predicted molar refractivity (Wildman–Crippen MR) is 128 cm³/mol. The molecule has 1 amide bonds. The van der Waals surface area contributed by atoms with Crippen LogP contribution in [0.15, 0.2) is 78.9 Å². The molecule has 0 aliphatic rings. The number of ether oxygens (including phenoxy) is 3. The highest BCUT2D eigenvalue weighted by molar-refractivity contribution is 6.22. The Kier molecular flexibility index (Phi) is 8.65. The predicted octanol–water partition coefficient (Wildman–Crippen LogP) is 4.15. The van der Waals surface area contributed by atoms with Crippen molar-refractivity contribution in [2.24, 2.45) is 0 Å². The third-order valence-corrected chi connectivity index (χ3v) is 4.97. The first-order chi connectivity index (χ1) is 16.1. The van der Waals surface area contributed by atoms with Crippen LogP contribution in [0.1, 0.15) is 16.7 Å². The number of hydrogen-bond acceptors (Lipinski definition) is 5. The minimum Gasteiger partial charge on any atom is -0.497 e. The number of amides is 1. The van der Waals surface area contributed by atoms with Crippen molar-refractivity contribution in [2.75, 3.05) is 27.4 Å². The first-order valence-electron chi connectivity index (χ1n) is 10.6. The second kappa shape index (κ2) is 12.1. The van der Waals surface area contributed by atoms with Crippen LogP contribution >= 0.6 is 0 Å². The van der Waals surface area contributed by atoms with Crippen molar-refractivity contribution in [1.82, 2.24) is 5.32 Å². The Morgan fingerprint density at radius 1 is 0.848 bits per heavy atom. The van der Waals surface area contributed by atoms with Gasteiger partial charge in [-0.05, 0) is 41.8 Å². The lowest BCUT2D eigenvalue weighted by Crippen LogP contribution is -2.30. The molecule has 0 unspecified atom stereocenters. The van der Waals surface area contributed by atoms with Gasteiger partial charge in [-0.3, -0.25) is 4.79 Å². The molecule has 0 fully saturated rings. The number of para-hydroxylation sites is 1. The summed E-state index contributed by atoms with van der Waals surface area (Å²) in [6.45, 7) is 0.0723. The van der Waals surface area contributed by atoms with Gasteiger partial charge in [0.2, 0.25) is 0 Å². The van der Waals surface area contributed by atoms with E-state index in [-0.39, 0.29) is 12.5 Å². The van der Waals surface area contributed by atoms with Gasteiger partial charge in [-0.1, -0.05) is 60.7 Å². The molecule has 0 bridgehead atoms. The van der Waals surface area contributed by atoms with Crippen LogP contribution in [0.2, 0.25) is 0 Å². The van der Waals surface area contributed by atoms with Crippen LogP contribution in [0, 0.1) is 0 Å². The fourth-order valence-electron chi connectivity index (χ4n) is 3.22. The highest BCUT2D eigenvalue weighted by Crippen LogP contribution is 2.25. The second-order valence-corrected chi connectivity index (χ2v) is 7.19. The molecule has 0 radical (unpaired) electrons. The van der Waals surface area contributed by atoms with Gasteiger partial charge in [-0.15, -0.1) is 0 Å². The lowest BCUT2D eigenvalue weighted by Gasteiger charge is -2.11. The van der Waals surface area contributed by atoms with E-state index in [4.69, 9.17) is 14.2 Å². The quantitative estimate of drug-likeness (QED) is 0.288. The number of benzene rings is 3. The zero-order valence-corrected chi connectivity index (χ0v) is 18.7. The summed E-state index contributed by atoms with van der Waals surface area (Å²) in [6, 6.07) is 24.2. The maximum absolute atomic E-state index is 12.9. The van der Waals surface area contributed by atoms with E-state index in [1.807, 2.05) is 78.9 Å². The summed E-state index contributed by atoms with van der Waals surface area (Å²) in [6.07, 6.45) is 2.37. The normalized spacial score (nSPS) is 10.9. The Hall–Kier alpha value is -4.06. The molecule has 0 spiro atoms. The Bertz CT molecular complexity index is 1090. The van der Waals surface area contributed by atoms with E-state index in [1.165, 1.54) is 0 Å². The Balaban J connectivity index is 1.61. The van der Waals surface area contributed by atoms with Crippen molar-refractivity contribution in [3.8, 4) is 11.5 Å². The van der Waals surface area contributed by atoms with Crippen LogP contribution in [0.5, 0.6) is 11.5 Å². The van der Waals surface area contributed by atoms with E-state index < -0.39 is 5.97 Å². The molecule has 0 saturated carbocycles. The zero-order valence-electron chi connectivity index (χ0n) is 18.7. The summed E-state index contributed by atoms with van der Waals surface area (Å²) in [5.74, 6) is 0.471. The van der Waals surface area contributed by atoms with E-state index in [1.54, 1.807) is 20.3 Å². The Morgan fingerprint density at radius 2 is 1.55 bits per heavy atom. The Labute approximate surface area is 193 Å². The van der Waals surface area contributed by atoms with Crippen molar-refractivity contribution in [3.05, 3.63) is 95.6 Å². The van der Waals surface area contributed by atoms with Crippen molar-refractivity contribution in [2.45, 2.75) is 6.42 Å². The number of esters is 1. The molecule has 1 N–H and O–H groups in total. The van der Waals surface area contributed by atoms with E-state index in [9.17, 15) is 9.59 Å². The number of rotatable bonds is 10. The summed E-state index contributed by atoms with van der Waals surface area (Å²) < 4.78 is 15.8. The second-order valence-electron chi connectivity index (χ2n) is 7.19. The van der Waals surface area contributed by atoms with Crippen LogP contribution in [-0.2, 0) is 20.7 Å². The van der Waals surface area contributed by atoms with Gasteiger partial charge in [-0.2, -0.15) is 0 Å². The molecule has 3 aromatic rings. The average molecular weight is 446 g/mol. The van der Waals surface area contributed by atoms with Gasteiger partial charge >= 0.3 is 5.97 Å².